The maximum absolute atomic E-state index is 5.82. The van der Waals surface area contributed by atoms with E-state index in [4.69, 9.17) is 5.73 Å². The van der Waals surface area contributed by atoms with Crippen LogP contribution in [0.5, 0.6) is 0 Å². The highest BCUT2D eigenvalue weighted by molar-refractivity contribution is 7.98. The Balaban J connectivity index is 2.81. The van der Waals surface area contributed by atoms with Gasteiger partial charge in [-0.1, -0.05) is 13.0 Å². The number of hydrogen-bond donors (Lipinski definition) is 2. The summed E-state index contributed by atoms with van der Waals surface area (Å²) in [6.07, 6.45) is 3.82. The summed E-state index contributed by atoms with van der Waals surface area (Å²) < 4.78 is 0. The highest BCUT2D eigenvalue weighted by Gasteiger charge is 2.12. The van der Waals surface area contributed by atoms with E-state index in [1.54, 1.807) is 6.20 Å². The minimum atomic E-state index is 0.309. The number of thioether (sulfide) groups is 1. The number of anilines is 1. The zero-order chi connectivity index (χ0) is 10.4. The standard InChI is InChI=1S/C10H17N3S/c1-3-12-9(7-14-2)8-5-4-6-13-10(8)11/h4-6,9,12H,3,7H2,1-2H3,(H2,11,13). The van der Waals surface area contributed by atoms with Gasteiger partial charge in [0.15, 0.2) is 0 Å². The Labute approximate surface area is 89.5 Å². The van der Waals surface area contributed by atoms with Crippen LogP contribution in [0, 0.1) is 0 Å². The Kier molecular flexibility index (Phi) is 4.76. The van der Waals surface area contributed by atoms with Gasteiger partial charge in [0.25, 0.3) is 0 Å². The molecule has 78 valence electrons. The molecule has 0 saturated carbocycles. The molecular formula is C10H17N3S. The van der Waals surface area contributed by atoms with Gasteiger partial charge in [-0.15, -0.1) is 0 Å². The normalized spacial score (nSPS) is 12.7. The molecule has 0 aromatic carbocycles. The highest BCUT2D eigenvalue weighted by atomic mass is 32.2. The van der Waals surface area contributed by atoms with E-state index in [2.05, 4.69) is 23.5 Å². The molecule has 0 aliphatic carbocycles. The van der Waals surface area contributed by atoms with Crippen LogP contribution in [0.3, 0.4) is 0 Å². The minimum Gasteiger partial charge on any atom is -0.383 e. The van der Waals surface area contributed by atoms with Crippen LogP contribution in [-0.2, 0) is 0 Å². The molecule has 0 bridgehead atoms. The third-order valence-electron chi connectivity index (χ3n) is 2.03. The van der Waals surface area contributed by atoms with Crippen LogP contribution < -0.4 is 11.1 Å². The molecule has 14 heavy (non-hydrogen) atoms. The van der Waals surface area contributed by atoms with Gasteiger partial charge in [0.1, 0.15) is 5.82 Å². The van der Waals surface area contributed by atoms with Gasteiger partial charge in [0.05, 0.1) is 0 Å². The van der Waals surface area contributed by atoms with Gasteiger partial charge in [-0.3, -0.25) is 0 Å². The molecule has 1 heterocycles. The molecule has 3 N–H and O–H groups in total. The second kappa shape index (κ2) is 5.88. The number of nitrogen functional groups attached to an aromatic ring is 1. The second-order valence-corrected chi connectivity index (χ2v) is 3.95. The van der Waals surface area contributed by atoms with Crippen LogP contribution in [0.25, 0.3) is 0 Å². The molecule has 1 rings (SSSR count). The predicted octanol–water partition coefficient (Wildman–Crippen LogP) is 1.68. The van der Waals surface area contributed by atoms with Crippen LogP contribution in [-0.4, -0.2) is 23.5 Å². The van der Waals surface area contributed by atoms with Crippen molar-refractivity contribution in [1.82, 2.24) is 10.3 Å². The molecule has 0 radical (unpaired) electrons. The first-order valence-electron chi connectivity index (χ1n) is 4.72. The van der Waals surface area contributed by atoms with E-state index < -0.39 is 0 Å². The highest BCUT2D eigenvalue weighted by Crippen LogP contribution is 2.20. The molecule has 0 saturated heterocycles. The summed E-state index contributed by atoms with van der Waals surface area (Å²) in [5.41, 5.74) is 6.92. The first-order valence-corrected chi connectivity index (χ1v) is 6.11. The van der Waals surface area contributed by atoms with E-state index in [0.717, 1.165) is 17.9 Å². The molecule has 1 unspecified atom stereocenters. The van der Waals surface area contributed by atoms with Crippen molar-refractivity contribution in [1.29, 1.82) is 0 Å². The average Bonchev–Trinajstić information content (AvgIpc) is 2.18. The van der Waals surface area contributed by atoms with Gasteiger partial charge in [-0.05, 0) is 18.9 Å². The van der Waals surface area contributed by atoms with Gasteiger partial charge in [-0.2, -0.15) is 11.8 Å². The predicted molar refractivity (Wildman–Crippen MR) is 63.4 cm³/mol. The summed E-state index contributed by atoms with van der Waals surface area (Å²) in [6, 6.07) is 4.27. The molecule has 0 spiro atoms. The lowest BCUT2D eigenvalue weighted by atomic mass is 10.1. The van der Waals surface area contributed by atoms with Gasteiger partial charge in [0.2, 0.25) is 0 Å². The Hall–Kier alpha value is -0.740. The van der Waals surface area contributed by atoms with Gasteiger partial charge in [0, 0.05) is 23.6 Å². The maximum Gasteiger partial charge on any atom is 0.128 e. The van der Waals surface area contributed by atoms with Gasteiger partial charge < -0.3 is 11.1 Å². The Morgan fingerprint density at radius 2 is 2.43 bits per heavy atom. The van der Waals surface area contributed by atoms with Crippen LogP contribution in [0.4, 0.5) is 5.82 Å². The van der Waals surface area contributed by atoms with Crippen molar-refractivity contribution in [2.75, 3.05) is 24.3 Å². The number of pyridine rings is 1. The third-order valence-corrected chi connectivity index (χ3v) is 2.70. The molecule has 0 aliphatic heterocycles. The fourth-order valence-electron chi connectivity index (χ4n) is 1.40. The fraction of sp³-hybridized carbons (Fsp3) is 0.500. The first-order chi connectivity index (χ1) is 6.79. The molecule has 1 aromatic rings. The lowest BCUT2D eigenvalue weighted by Crippen LogP contribution is -2.24. The number of nitrogens with zero attached hydrogens (tertiary/aromatic N) is 1. The average molecular weight is 211 g/mol. The molecule has 4 heteroatoms. The fourth-order valence-corrected chi connectivity index (χ4v) is 2.03. The summed E-state index contributed by atoms with van der Waals surface area (Å²) >= 11 is 1.81. The number of nitrogens with one attached hydrogen (secondary N) is 1. The summed E-state index contributed by atoms with van der Waals surface area (Å²) in [6.45, 7) is 3.04. The molecule has 1 aromatic heterocycles. The third kappa shape index (κ3) is 2.89. The van der Waals surface area contributed by atoms with E-state index in [-0.39, 0.29) is 0 Å². The topological polar surface area (TPSA) is 50.9 Å². The number of nitrogens with two attached hydrogens (primary N) is 1. The van der Waals surface area contributed by atoms with E-state index in [0.29, 0.717) is 11.9 Å². The van der Waals surface area contributed by atoms with Crippen molar-refractivity contribution in [3.05, 3.63) is 23.9 Å². The van der Waals surface area contributed by atoms with E-state index in [1.807, 2.05) is 23.9 Å². The monoisotopic (exact) mass is 211 g/mol. The summed E-state index contributed by atoms with van der Waals surface area (Å²) in [7, 11) is 0. The molecule has 0 amide bonds. The maximum atomic E-state index is 5.82. The van der Waals surface area contributed by atoms with E-state index in [9.17, 15) is 0 Å². The zero-order valence-corrected chi connectivity index (χ0v) is 9.47. The Morgan fingerprint density at radius 3 is 3.00 bits per heavy atom. The first kappa shape index (κ1) is 11.3. The lowest BCUT2D eigenvalue weighted by Gasteiger charge is -2.18. The van der Waals surface area contributed by atoms with Crippen molar-refractivity contribution in [2.45, 2.75) is 13.0 Å². The molecule has 0 aliphatic rings. The summed E-state index contributed by atoms with van der Waals surface area (Å²) in [4.78, 5) is 4.09. The largest absolute Gasteiger partial charge is 0.383 e. The molecular weight excluding hydrogens is 194 g/mol. The van der Waals surface area contributed by atoms with Crippen molar-refractivity contribution in [3.8, 4) is 0 Å². The van der Waals surface area contributed by atoms with Crippen LogP contribution >= 0.6 is 11.8 Å². The van der Waals surface area contributed by atoms with Crippen molar-refractivity contribution in [2.24, 2.45) is 0 Å². The van der Waals surface area contributed by atoms with Crippen LogP contribution in [0.2, 0.25) is 0 Å². The number of hydrogen-bond acceptors (Lipinski definition) is 4. The van der Waals surface area contributed by atoms with Crippen molar-refractivity contribution in [3.63, 3.8) is 0 Å². The van der Waals surface area contributed by atoms with Crippen LogP contribution in [0.1, 0.15) is 18.5 Å². The van der Waals surface area contributed by atoms with Gasteiger partial charge >= 0.3 is 0 Å². The number of aromatic nitrogens is 1. The summed E-state index contributed by atoms with van der Waals surface area (Å²) in [5.74, 6) is 1.65. The molecule has 0 fully saturated rings. The molecule has 3 nitrogen and oxygen atoms in total. The molecule has 1 atom stereocenters. The van der Waals surface area contributed by atoms with E-state index in [1.165, 1.54) is 0 Å². The lowest BCUT2D eigenvalue weighted by molar-refractivity contribution is 0.606. The number of rotatable bonds is 5. The zero-order valence-electron chi connectivity index (χ0n) is 8.66. The van der Waals surface area contributed by atoms with Crippen LogP contribution in [0.15, 0.2) is 18.3 Å². The van der Waals surface area contributed by atoms with Crippen molar-refractivity contribution < 1.29 is 0 Å². The van der Waals surface area contributed by atoms with Crippen molar-refractivity contribution >= 4 is 17.6 Å². The SMILES string of the molecule is CCNC(CSC)c1cccnc1N. The smallest absolute Gasteiger partial charge is 0.128 e. The van der Waals surface area contributed by atoms with Gasteiger partial charge in [-0.25, -0.2) is 4.98 Å². The Bertz CT molecular complexity index is 272. The second-order valence-electron chi connectivity index (χ2n) is 3.04. The van der Waals surface area contributed by atoms with E-state index >= 15 is 0 Å². The minimum absolute atomic E-state index is 0.309. The summed E-state index contributed by atoms with van der Waals surface area (Å²) in [5, 5.41) is 3.40. The Morgan fingerprint density at radius 1 is 1.64 bits per heavy atom. The quantitative estimate of drug-likeness (QED) is 0.778.